The molecule has 4 rings (SSSR count). The molecule has 0 bridgehead atoms. The minimum absolute atomic E-state index is 0.0483. The van der Waals surface area contributed by atoms with Crippen molar-refractivity contribution in [2.75, 3.05) is 0 Å². The van der Waals surface area contributed by atoms with Gasteiger partial charge in [0.15, 0.2) is 0 Å². The molecule has 0 saturated heterocycles. The van der Waals surface area contributed by atoms with E-state index in [9.17, 15) is 4.79 Å². The van der Waals surface area contributed by atoms with Crippen LogP contribution in [0.4, 0.5) is 0 Å². The van der Waals surface area contributed by atoms with E-state index in [0.717, 1.165) is 22.4 Å². The summed E-state index contributed by atoms with van der Waals surface area (Å²) in [5.74, 6) is 0. The molecule has 0 aliphatic carbocycles. The SMILES string of the molecule is Cc1cccc(-c2ncccc2-c2ccc3ncn(C)c(=O)c3c2)c1. The molecule has 25 heavy (non-hydrogen) atoms. The third-order valence-corrected chi connectivity index (χ3v) is 4.33. The fourth-order valence-corrected chi connectivity index (χ4v) is 3.04. The van der Waals surface area contributed by atoms with E-state index in [4.69, 9.17) is 0 Å². The molecule has 2 aromatic carbocycles. The lowest BCUT2D eigenvalue weighted by molar-refractivity contribution is 0.843. The van der Waals surface area contributed by atoms with E-state index in [1.807, 2.05) is 36.4 Å². The first-order chi connectivity index (χ1) is 12.1. The van der Waals surface area contributed by atoms with E-state index in [2.05, 4.69) is 35.1 Å². The van der Waals surface area contributed by atoms with Crippen LogP contribution >= 0.6 is 0 Å². The van der Waals surface area contributed by atoms with Crippen molar-refractivity contribution < 1.29 is 0 Å². The van der Waals surface area contributed by atoms with Crippen molar-refractivity contribution >= 4 is 10.9 Å². The summed E-state index contributed by atoms with van der Waals surface area (Å²) in [6.07, 6.45) is 3.34. The molecule has 4 aromatic rings. The number of rotatable bonds is 2. The molecule has 0 unspecified atom stereocenters. The van der Waals surface area contributed by atoms with Gasteiger partial charge in [-0.15, -0.1) is 0 Å². The van der Waals surface area contributed by atoms with E-state index in [0.29, 0.717) is 10.9 Å². The van der Waals surface area contributed by atoms with Crippen molar-refractivity contribution in [3.05, 3.63) is 83.0 Å². The van der Waals surface area contributed by atoms with Crippen LogP contribution in [0, 0.1) is 6.92 Å². The van der Waals surface area contributed by atoms with Crippen LogP contribution in [0.15, 0.2) is 71.9 Å². The average molecular weight is 327 g/mol. The largest absolute Gasteiger partial charge is 0.302 e. The highest BCUT2D eigenvalue weighted by Gasteiger charge is 2.11. The smallest absolute Gasteiger partial charge is 0.260 e. The lowest BCUT2D eigenvalue weighted by Crippen LogP contribution is -2.16. The van der Waals surface area contributed by atoms with Gasteiger partial charge in [0.25, 0.3) is 5.56 Å². The van der Waals surface area contributed by atoms with Crippen molar-refractivity contribution in [2.45, 2.75) is 6.92 Å². The van der Waals surface area contributed by atoms with Crippen LogP contribution in [0.1, 0.15) is 5.56 Å². The molecule has 0 aliphatic heterocycles. The van der Waals surface area contributed by atoms with Gasteiger partial charge in [0.1, 0.15) is 0 Å². The predicted octanol–water partition coefficient (Wildman–Crippen LogP) is 3.97. The molecule has 0 fully saturated rings. The van der Waals surface area contributed by atoms with Gasteiger partial charge >= 0.3 is 0 Å². The number of benzene rings is 2. The number of aryl methyl sites for hydroxylation is 2. The number of fused-ring (bicyclic) bond motifs is 1. The van der Waals surface area contributed by atoms with E-state index < -0.39 is 0 Å². The molecule has 0 aliphatic rings. The molecule has 4 heteroatoms. The molecule has 0 N–H and O–H groups in total. The molecular formula is C21H17N3O. The summed E-state index contributed by atoms with van der Waals surface area (Å²) in [5, 5.41) is 0.613. The zero-order valence-corrected chi connectivity index (χ0v) is 14.1. The maximum atomic E-state index is 12.4. The Labute approximate surface area is 145 Å². The first-order valence-electron chi connectivity index (χ1n) is 8.11. The van der Waals surface area contributed by atoms with Gasteiger partial charge in [0.05, 0.1) is 22.9 Å². The topological polar surface area (TPSA) is 47.8 Å². The Balaban J connectivity index is 1.95. The Hall–Kier alpha value is -3.27. The molecule has 2 heterocycles. The van der Waals surface area contributed by atoms with Gasteiger partial charge < -0.3 is 4.57 Å². The van der Waals surface area contributed by atoms with Crippen LogP contribution in [0.2, 0.25) is 0 Å². The van der Waals surface area contributed by atoms with E-state index in [-0.39, 0.29) is 5.56 Å². The fourth-order valence-electron chi connectivity index (χ4n) is 3.04. The minimum Gasteiger partial charge on any atom is -0.302 e. The monoisotopic (exact) mass is 327 g/mol. The zero-order chi connectivity index (χ0) is 17.4. The highest BCUT2D eigenvalue weighted by Crippen LogP contribution is 2.31. The Morgan fingerprint density at radius 3 is 2.64 bits per heavy atom. The molecule has 0 spiro atoms. The summed E-state index contributed by atoms with van der Waals surface area (Å²) in [6.45, 7) is 2.07. The van der Waals surface area contributed by atoms with Crippen LogP contribution in [-0.2, 0) is 7.05 Å². The predicted molar refractivity (Wildman–Crippen MR) is 100 cm³/mol. The third-order valence-electron chi connectivity index (χ3n) is 4.33. The van der Waals surface area contributed by atoms with Crippen molar-refractivity contribution in [1.82, 2.24) is 14.5 Å². The Morgan fingerprint density at radius 2 is 1.80 bits per heavy atom. The highest BCUT2D eigenvalue weighted by atomic mass is 16.1. The van der Waals surface area contributed by atoms with Crippen LogP contribution in [0.3, 0.4) is 0 Å². The van der Waals surface area contributed by atoms with Gasteiger partial charge in [-0.2, -0.15) is 0 Å². The Morgan fingerprint density at radius 1 is 0.920 bits per heavy atom. The van der Waals surface area contributed by atoms with Gasteiger partial charge in [0, 0.05) is 24.4 Å². The average Bonchev–Trinajstić information content (AvgIpc) is 2.65. The first kappa shape index (κ1) is 15.3. The second-order valence-electron chi connectivity index (χ2n) is 6.16. The van der Waals surface area contributed by atoms with Gasteiger partial charge in [-0.25, -0.2) is 4.98 Å². The molecular weight excluding hydrogens is 310 g/mol. The maximum Gasteiger partial charge on any atom is 0.260 e. The molecule has 0 saturated carbocycles. The second kappa shape index (κ2) is 5.98. The molecule has 2 aromatic heterocycles. The normalized spacial score (nSPS) is 11.0. The standard InChI is InChI=1S/C21H17N3O/c1-14-5-3-6-16(11-14)20-17(7-4-10-22-20)15-8-9-19-18(12-15)21(25)24(2)13-23-19/h3-13H,1-2H3. The van der Waals surface area contributed by atoms with Crippen molar-refractivity contribution in [1.29, 1.82) is 0 Å². The van der Waals surface area contributed by atoms with Gasteiger partial charge in [0.2, 0.25) is 0 Å². The minimum atomic E-state index is -0.0483. The zero-order valence-electron chi connectivity index (χ0n) is 14.1. The molecule has 0 atom stereocenters. The van der Waals surface area contributed by atoms with E-state index in [1.54, 1.807) is 19.6 Å². The quantitative estimate of drug-likeness (QED) is 0.560. The van der Waals surface area contributed by atoms with Crippen LogP contribution in [0.25, 0.3) is 33.3 Å². The molecule has 122 valence electrons. The van der Waals surface area contributed by atoms with Gasteiger partial charge in [-0.3, -0.25) is 9.78 Å². The summed E-state index contributed by atoms with van der Waals surface area (Å²) >= 11 is 0. The fraction of sp³-hybridized carbons (Fsp3) is 0.0952. The Bertz CT molecular complexity index is 1150. The third kappa shape index (κ3) is 2.72. The number of hydrogen-bond acceptors (Lipinski definition) is 3. The maximum absolute atomic E-state index is 12.4. The van der Waals surface area contributed by atoms with Crippen molar-refractivity contribution in [2.24, 2.45) is 7.05 Å². The lowest BCUT2D eigenvalue weighted by atomic mass is 9.97. The van der Waals surface area contributed by atoms with Gasteiger partial charge in [-0.1, -0.05) is 35.9 Å². The highest BCUT2D eigenvalue weighted by molar-refractivity contribution is 5.88. The van der Waals surface area contributed by atoms with Gasteiger partial charge in [-0.05, 0) is 36.8 Å². The van der Waals surface area contributed by atoms with Crippen LogP contribution in [0.5, 0.6) is 0 Å². The lowest BCUT2D eigenvalue weighted by Gasteiger charge is -2.10. The van der Waals surface area contributed by atoms with Crippen molar-refractivity contribution in [3.8, 4) is 22.4 Å². The number of hydrogen-bond donors (Lipinski definition) is 0. The summed E-state index contributed by atoms with van der Waals surface area (Å²) < 4.78 is 1.50. The number of pyridine rings is 1. The summed E-state index contributed by atoms with van der Waals surface area (Å²) in [6, 6.07) is 18.0. The van der Waals surface area contributed by atoms with Crippen molar-refractivity contribution in [3.63, 3.8) is 0 Å². The molecule has 0 amide bonds. The Kier molecular flexibility index (Phi) is 3.65. The van der Waals surface area contributed by atoms with E-state index in [1.165, 1.54) is 10.1 Å². The summed E-state index contributed by atoms with van der Waals surface area (Å²) in [5.41, 5.74) is 5.77. The summed E-state index contributed by atoms with van der Waals surface area (Å²) in [4.78, 5) is 21.3. The van der Waals surface area contributed by atoms with Crippen LogP contribution in [-0.4, -0.2) is 14.5 Å². The number of nitrogens with zero attached hydrogens (tertiary/aromatic N) is 3. The van der Waals surface area contributed by atoms with Crippen LogP contribution < -0.4 is 5.56 Å². The second-order valence-corrected chi connectivity index (χ2v) is 6.16. The molecule has 0 radical (unpaired) electrons. The van der Waals surface area contributed by atoms with E-state index >= 15 is 0 Å². The summed E-state index contributed by atoms with van der Waals surface area (Å²) in [7, 11) is 1.71. The number of aromatic nitrogens is 3. The first-order valence-corrected chi connectivity index (χ1v) is 8.11. The molecule has 4 nitrogen and oxygen atoms in total.